The molecule has 7 nitrogen and oxygen atoms in total. The minimum absolute atomic E-state index is 0.0945. The quantitative estimate of drug-likeness (QED) is 0.269. The van der Waals surface area contributed by atoms with E-state index in [1.807, 2.05) is 71.3 Å². The second-order valence-electron chi connectivity index (χ2n) is 10.2. The van der Waals surface area contributed by atoms with Crippen LogP contribution in [0.15, 0.2) is 115 Å². The van der Waals surface area contributed by atoms with Gasteiger partial charge in [-0.25, -0.2) is 9.98 Å². The summed E-state index contributed by atoms with van der Waals surface area (Å²) < 4.78 is 14.3. The van der Waals surface area contributed by atoms with E-state index < -0.39 is 0 Å². The van der Waals surface area contributed by atoms with Gasteiger partial charge < -0.3 is 14.1 Å². The largest absolute Gasteiger partial charge is 0.496 e. The number of rotatable bonds is 5. The maximum Gasteiger partial charge on any atom is 0.271 e. The third kappa shape index (κ3) is 4.16. The van der Waals surface area contributed by atoms with Gasteiger partial charge in [-0.2, -0.15) is 0 Å². The Balaban J connectivity index is 1.24. The number of nitrogens with one attached hydrogen (secondary N) is 1. The molecule has 206 valence electrons. The fourth-order valence-corrected chi connectivity index (χ4v) is 7.61. The van der Waals surface area contributed by atoms with Gasteiger partial charge >= 0.3 is 0 Å². The minimum atomic E-state index is -0.307. The molecule has 1 N–H and O–H groups in total. The van der Waals surface area contributed by atoms with Crippen molar-refractivity contribution in [2.75, 3.05) is 7.11 Å². The molecule has 3 aromatic carbocycles. The number of H-pyrrole nitrogens is 1. The van der Waals surface area contributed by atoms with Crippen molar-refractivity contribution >= 4 is 45.9 Å². The highest BCUT2D eigenvalue weighted by atomic mass is 32.2. The van der Waals surface area contributed by atoms with Gasteiger partial charge in [0, 0.05) is 17.2 Å². The monoisotopic (exact) mass is 588 g/mol. The van der Waals surface area contributed by atoms with E-state index in [0.717, 1.165) is 57.2 Å². The van der Waals surface area contributed by atoms with E-state index in [-0.39, 0.29) is 11.6 Å². The Hall–Kier alpha value is -4.60. The molecular formula is C33H24N4O3S2. The minimum Gasteiger partial charge on any atom is -0.496 e. The van der Waals surface area contributed by atoms with E-state index in [4.69, 9.17) is 14.1 Å². The lowest BCUT2D eigenvalue weighted by Crippen LogP contribution is -2.38. The fraction of sp³-hybridized carbons (Fsp3) is 0.121. The molecule has 6 aromatic rings. The van der Waals surface area contributed by atoms with Gasteiger partial charge in [-0.15, -0.1) is 0 Å². The highest BCUT2D eigenvalue weighted by Gasteiger charge is 2.34. The molecule has 0 amide bonds. The fourth-order valence-electron chi connectivity index (χ4n) is 5.86. The van der Waals surface area contributed by atoms with Crippen LogP contribution in [0.5, 0.6) is 5.75 Å². The van der Waals surface area contributed by atoms with E-state index in [9.17, 15) is 4.79 Å². The first kappa shape index (κ1) is 25.1. The summed E-state index contributed by atoms with van der Waals surface area (Å²) >= 11 is 2.80. The zero-order chi connectivity index (χ0) is 28.2. The molecule has 0 saturated heterocycles. The van der Waals surface area contributed by atoms with E-state index in [1.165, 1.54) is 28.7 Å². The topological polar surface area (TPSA) is 85.4 Å². The molecule has 1 aliphatic heterocycles. The Bertz CT molecular complexity index is 2190. The zero-order valence-electron chi connectivity index (χ0n) is 22.5. The molecule has 0 unspecified atom stereocenters. The van der Waals surface area contributed by atoms with Crippen LogP contribution in [0.2, 0.25) is 0 Å². The summed E-state index contributed by atoms with van der Waals surface area (Å²) in [4.78, 5) is 27.8. The number of allylic oxidation sites excluding steroid dienone is 1. The van der Waals surface area contributed by atoms with Crippen molar-refractivity contribution in [3.05, 3.63) is 133 Å². The molecule has 0 radical (unpaired) electrons. The third-order valence-corrected chi connectivity index (χ3v) is 9.54. The predicted molar refractivity (Wildman–Crippen MR) is 165 cm³/mol. The average molecular weight is 589 g/mol. The first-order valence-corrected chi connectivity index (χ1v) is 15.3. The number of fused-ring (bicyclic) bond motifs is 4. The Kier molecular flexibility index (Phi) is 6.01. The van der Waals surface area contributed by atoms with Crippen molar-refractivity contribution in [2.45, 2.75) is 29.1 Å². The first-order valence-electron chi connectivity index (χ1n) is 13.6. The molecule has 2 aliphatic rings. The molecule has 1 atom stereocenters. The Morgan fingerprint density at radius 3 is 2.76 bits per heavy atom. The average Bonchev–Trinajstić information content (AvgIpc) is 3.73. The number of para-hydroxylation sites is 3. The predicted octanol–water partition coefficient (Wildman–Crippen LogP) is 5.95. The van der Waals surface area contributed by atoms with Crippen LogP contribution in [0.3, 0.4) is 0 Å². The van der Waals surface area contributed by atoms with Crippen LogP contribution in [-0.2, 0) is 6.42 Å². The lowest BCUT2D eigenvalue weighted by atomic mass is 9.83. The number of hydrogen-bond acceptors (Lipinski definition) is 7. The number of thiazole rings is 1. The van der Waals surface area contributed by atoms with E-state index in [1.54, 1.807) is 7.11 Å². The van der Waals surface area contributed by atoms with Crippen molar-refractivity contribution in [2.24, 2.45) is 4.99 Å². The number of furan rings is 1. The summed E-state index contributed by atoms with van der Waals surface area (Å²) in [5.41, 5.74) is 7.26. The van der Waals surface area contributed by atoms with Crippen LogP contribution in [0.25, 0.3) is 22.8 Å². The highest BCUT2D eigenvalue weighted by Crippen LogP contribution is 2.43. The molecule has 0 saturated carbocycles. The van der Waals surface area contributed by atoms with Gasteiger partial charge in [0.15, 0.2) is 15.1 Å². The van der Waals surface area contributed by atoms with Gasteiger partial charge in [-0.05, 0) is 66.1 Å². The number of ether oxygens (including phenoxy) is 1. The van der Waals surface area contributed by atoms with Crippen LogP contribution < -0.4 is 19.6 Å². The molecule has 0 spiro atoms. The Morgan fingerprint density at radius 2 is 1.86 bits per heavy atom. The number of aryl methyl sites for hydroxylation is 1. The van der Waals surface area contributed by atoms with Gasteiger partial charge in [0.25, 0.3) is 5.56 Å². The summed E-state index contributed by atoms with van der Waals surface area (Å²) in [6.07, 6.45) is 3.53. The summed E-state index contributed by atoms with van der Waals surface area (Å²) in [5, 5.41) is 1.44. The van der Waals surface area contributed by atoms with Crippen molar-refractivity contribution in [3.63, 3.8) is 0 Å². The molecule has 42 heavy (non-hydrogen) atoms. The van der Waals surface area contributed by atoms with Gasteiger partial charge in [0.1, 0.15) is 11.5 Å². The van der Waals surface area contributed by atoms with Gasteiger partial charge in [-0.3, -0.25) is 9.36 Å². The standard InChI is InChI=1S/C33H24N4O3S2/c1-39-26-13-7-4-10-22(26)30-23-16-14-19-8-2-3-9-21(19)29(23)36-33-37(30)31(38)27(41-33)18-20-15-17-28(40-20)42-32-34-24-11-5-6-12-25(24)35-32/h2-13,15,17-18,30H,14,16H2,1H3,(H,34,35)/b27-18-/t30-/m0/s1. The molecule has 0 bridgehead atoms. The van der Waals surface area contributed by atoms with Crippen LogP contribution >= 0.6 is 23.1 Å². The van der Waals surface area contributed by atoms with Crippen LogP contribution in [0.1, 0.15) is 34.9 Å². The third-order valence-electron chi connectivity index (χ3n) is 7.75. The number of aromatic nitrogens is 3. The van der Waals surface area contributed by atoms with Gasteiger partial charge in [0.05, 0.1) is 34.4 Å². The van der Waals surface area contributed by atoms with E-state index in [2.05, 4.69) is 34.2 Å². The van der Waals surface area contributed by atoms with Crippen LogP contribution in [0.4, 0.5) is 0 Å². The van der Waals surface area contributed by atoms with Crippen molar-refractivity contribution in [1.82, 2.24) is 14.5 Å². The summed E-state index contributed by atoms with van der Waals surface area (Å²) in [6.45, 7) is 0. The van der Waals surface area contributed by atoms with Crippen LogP contribution in [-0.4, -0.2) is 21.6 Å². The van der Waals surface area contributed by atoms with Crippen molar-refractivity contribution in [3.8, 4) is 5.75 Å². The summed E-state index contributed by atoms with van der Waals surface area (Å²) in [6, 6.07) is 27.7. The lowest BCUT2D eigenvalue weighted by molar-refractivity contribution is 0.402. The molecule has 1 aliphatic carbocycles. The van der Waals surface area contributed by atoms with Crippen molar-refractivity contribution in [1.29, 1.82) is 0 Å². The van der Waals surface area contributed by atoms with Crippen molar-refractivity contribution < 1.29 is 9.15 Å². The SMILES string of the molecule is COc1ccccc1[C@H]1C2=C(N=c3s/c(=C\c4ccc(Sc5nc6ccccc6[nH]5)o4)c(=O)n31)c1ccccc1CC2. The normalized spacial score (nSPS) is 16.2. The molecule has 4 heterocycles. The molecule has 8 rings (SSSR count). The number of methoxy groups -OCH3 is 1. The summed E-state index contributed by atoms with van der Waals surface area (Å²) in [5.74, 6) is 1.35. The number of hydrogen-bond donors (Lipinski definition) is 1. The second-order valence-corrected chi connectivity index (χ2v) is 12.2. The van der Waals surface area contributed by atoms with Gasteiger partial charge in [-0.1, -0.05) is 65.9 Å². The van der Waals surface area contributed by atoms with E-state index >= 15 is 0 Å². The lowest BCUT2D eigenvalue weighted by Gasteiger charge is -2.31. The maximum atomic E-state index is 14.1. The number of benzene rings is 3. The molecule has 3 aromatic heterocycles. The number of imidazole rings is 1. The second kappa shape index (κ2) is 10.0. The van der Waals surface area contributed by atoms with E-state index in [0.29, 0.717) is 20.2 Å². The molecule has 0 fully saturated rings. The van der Waals surface area contributed by atoms with Gasteiger partial charge in [0.2, 0.25) is 0 Å². The number of nitrogens with zero attached hydrogens (tertiary/aromatic N) is 3. The Labute approximate surface area is 248 Å². The maximum absolute atomic E-state index is 14.1. The molecular weight excluding hydrogens is 565 g/mol. The smallest absolute Gasteiger partial charge is 0.271 e. The first-order chi connectivity index (χ1) is 20.7. The highest BCUT2D eigenvalue weighted by molar-refractivity contribution is 7.99. The summed E-state index contributed by atoms with van der Waals surface area (Å²) in [7, 11) is 1.67. The Morgan fingerprint density at radius 1 is 1.02 bits per heavy atom. The molecule has 9 heteroatoms. The zero-order valence-corrected chi connectivity index (χ0v) is 24.2. The number of aromatic amines is 1. The van der Waals surface area contributed by atoms with Crippen LogP contribution in [0, 0.1) is 0 Å².